The number of carbonyl (C=O) groups excluding carboxylic acids is 1. The van der Waals surface area contributed by atoms with Crippen molar-refractivity contribution < 1.29 is 9.53 Å². The average Bonchev–Trinajstić information content (AvgIpc) is 2.62. The van der Waals surface area contributed by atoms with Gasteiger partial charge in [0, 0.05) is 6.54 Å². The first-order chi connectivity index (χ1) is 7.70. The highest BCUT2D eigenvalue weighted by Crippen LogP contribution is 2.23. The van der Waals surface area contributed by atoms with Gasteiger partial charge in [-0.05, 0) is 18.8 Å². The molecule has 0 N–H and O–H groups in total. The van der Waals surface area contributed by atoms with E-state index in [1.807, 2.05) is 4.90 Å². The van der Waals surface area contributed by atoms with E-state index in [0.717, 1.165) is 13.0 Å². The van der Waals surface area contributed by atoms with Crippen LogP contribution in [0.2, 0.25) is 0 Å². The van der Waals surface area contributed by atoms with Crippen molar-refractivity contribution in [2.24, 2.45) is 5.92 Å². The molecule has 0 aromatic rings. The van der Waals surface area contributed by atoms with Gasteiger partial charge in [0.1, 0.15) is 6.61 Å². The van der Waals surface area contributed by atoms with Gasteiger partial charge >= 0.3 is 6.09 Å². The van der Waals surface area contributed by atoms with Crippen LogP contribution >= 0.6 is 0 Å². The van der Waals surface area contributed by atoms with Crippen molar-refractivity contribution in [3.05, 3.63) is 0 Å². The second-order valence-corrected chi connectivity index (χ2v) is 4.81. The standard InChI is InChI=1S/C13H25NO2/c1-4-6-7-8-11(3)12-10-16-13(15)14(12)9-5-2/h11-12H,4-10H2,1-3H3. The zero-order chi connectivity index (χ0) is 12.0. The van der Waals surface area contributed by atoms with E-state index < -0.39 is 0 Å². The molecule has 1 saturated heterocycles. The summed E-state index contributed by atoms with van der Waals surface area (Å²) in [5.74, 6) is 0.560. The first-order valence-corrected chi connectivity index (χ1v) is 6.64. The maximum absolute atomic E-state index is 11.5. The minimum Gasteiger partial charge on any atom is -0.447 e. The third-order valence-electron chi connectivity index (χ3n) is 3.40. The summed E-state index contributed by atoms with van der Waals surface area (Å²) in [5.41, 5.74) is 0. The molecule has 1 heterocycles. The Morgan fingerprint density at radius 1 is 1.38 bits per heavy atom. The Balaban J connectivity index is 2.41. The molecule has 1 rings (SSSR count). The molecule has 0 aromatic heterocycles. The second kappa shape index (κ2) is 6.77. The molecule has 94 valence electrons. The fourth-order valence-electron chi connectivity index (χ4n) is 2.34. The maximum atomic E-state index is 11.5. The number of unbranched alkanes of at least 4 members (excludes halogenated alkanes) is 2. The minimum atomic E-state index is -0.116. The number of amides is 1. The van der Waals surface area contributed by atoms with Crippen molar-refractivity contribution in [2.75, 3.05) is 13.2 Å². The van der Waals surface area contributed by atoms with E-state index in [1.165, 1.54) is 25.7 Å². The molecule has 0 spiro atoms. The van der Waals surface area contributed by atoms with Crippen LogP contribution in [0.25, 0.3) is 0 Å². The van der Waals surface area contributed by atoms with Gasteiger partial charge in [-0.15, -0.1) is 0 Å². The third-order valence-corrected chi connectivity index (χ3v) is 3.40. The van der Waals surface area contributed by atoms with Crippen LogP contribution in [-0.2, 0) is 4.74 Å². The molecule has 2 unspecified atom stereocenters. The Morgan fingerprint density at radius 2 is 2.12 bits per heavy atom. The van der Waals surface area contributed by atoms with Gasteiger partial charge in [0.05, 0.1) is 6.04 Å². The highest BCUT2D eigenvalue weighted by molar-refractivity contribution is 5.70. The Bertz CT molecular complexity index is 218. The summed E-state index contributed by atoms with van der Waals surface area (Å²) in [6.45, 7) is 7.99. The summed E-state index contributed by atoms with van der Waals surface area (Å²) in [4.78, 5) is 13.4. The van der Waals surface area contributed by atoms with Gasteiger partial charge in [0.15, 0.2) is 0 Å². The molecule has 0 aromatic carbocycles. The van der Waals surface area contributed by atoms with Crippen LogP contribution < -0.4 is 0 Å². The van der Waals surface area contributed by atoms with E-state index in [-0.39, 0.29) is 6.09 Å². The number of ether oxygens (including phenoxy) is 1. The van der Waals surface area contributed by atoms with Gasteiger partial charge < -0.3 is 9.64 Å². The summed E-state index contributed by atoms with van der Waals surface area (Å²) in [5, 5.41) is 0. The SMILES string of the molecule is CCCCCC(C)C1COC(=O)N1CCC. The summed E-state index contributed by atoms with van der Waals surface area (Å²) in [7, 11) is 0. The number of cyclic esters (lactones) is 1. The molecule has 1 aliphatic heterocycles. The number of carbonyl (C=O) groups is 1. The molecule has 1 amide bonds. The summed E-state index contributed by atoms with van der Waals surface area (Å²) >= 11 is 0. The lowest BCUT2D eigenvalue weighted by atomic mass is 9.95. The predicted octanol–water partition coefficient (Wildman–Crippen LogP) is 3.43. The topological polar surface area (TPSA) is 29.5 Å². The molecular formula is C13H25NO2. The van der Waals surface area contributed by atoms with Crippen LogP contribution in [0.15, 0.2) is 0 Å². The van der Waals surface area contributed by atoms with E-state index in [4.69, 9.17) is 4.74 Å². The van der Waals surface area contributed by atoms with Crippen LogP contribution in [0.5, 0.6) is 0 Å². The minimum absolute atomic E-state index is 0.116. The first-order valence-electron chi connectivity index (χ1n) is 6.64. The highest BCUT2D eigenvalue weighted by Gasteiger charge is 2.35. The van der Waals surface area contributed by atoms with Crippen molar-refractivity contribution in [2.45, 2.75) is 58.9 Å². The monoisotopic (exact) mass is 227 g/mol. The Kier molecular flexibility index (Phi) is 5.64. The van der Waals surface area contributed by atoms with Crippen molar-refractivity contribution in [3.8, 4) is 0 Å². The fraction of sp³-hybridized carbons (Fsp3) is 0.923. The maximum Gasteiger partial charge on any atom is 0.410 e. The lowest BCUT2D eigenvalue weighted by Gasteiger charge is -2.26. The van der Waals surface area contributed by atoms with Crippen molar-refractivity contribution >= 4 is 6.09 Å². The molecular weight excluding hydrogens is 202 g/mol. The third kappa shape index (κ3) is 3.39. The molecule has 0 saturated carbocycles. The Labute approximate surface area is 99.1 Å². The van der Waals surface area contributed by atoms with Crippen LogP contribution in [0.4, 0.5) is 4.79 Å². The summed E-state index contributed by atoms with van der Waals surface area (Å²) < 4.78 is 5.15. The smallest absolute Gasteiger partial charge is 0.410 e. The zero-order valence-electron chi connectivity index (χ0n) is 10.9. The number of rotatable bonds is 7. The molecule has 2 atom stereocenters. The lowest BCUT2D eigenvalue weighted by molar-refractivity contribution is 0.156. The molecule has 1 fully saturated rings. The van der Waals surface area contributed by atoms with E-state index in [0.29, 0.717) is 18.6 Å². The second-order valence-electron chi connectivity index (χ2n) is 4.81. The lowest BCUT2D eigenvalue weighted by Crippen LogP contribution is -2.38. The zero-order valence-corrected chi connectivity index (χ0v) is 10.9. The molecule has 1 aliphatic rings. The molecule has 0 aliphatic carbocycles. The van der Waals surface area contributed by atoms with E-state index in [2.05, 4.69) is 20.8 Å². The van der Waals surface area contributed by atoms with Gasteiger partial charge in [-0.2, -0.15) is 0 Å². The molecule has 3 heteroatoms. The number of hydrogen-bond acceptors (Lipinski definition) is 2. The van der Waals surface area contributed by atoms with Crippen LogP contribution in [0.3, 0.4) is 0 Å². The Morgan fingerprint density at radius 3 is 2.75 bits per heavy atom. The quantitative estimate of drug-likeness (QED) is 0.624. The Hall–Kier alpha value is -0.730. The number of hydrogen-bond donors (Lipinski definition) is 0. The van der Waals surface area contributed by atoms with Gasteiger partial charge in [-0.1, -0.05) is 40.0 Å². The highest BCUT2D eigenvalue weighted by atomic mass is 16.6. The van der Waals surface area contributed by atoms with E-state index in [1.54, 1.807) is 0 Å². The van der Waals surface area contributed by atoms with E-state index >= 15 is 0 Å². The van der Waals surface area contributed by atoms with Crippen LogP contribution in [0, 0.1) is 5.92 Å². The normalized spacial score (nSPS) is 22.3. The molecule has 0 bridgehead atoms. The van der Waals surface area contributed by atoms with Gasteiger partial charge in [0.25, 0.3) is 0 Å². The predicted molar refractivity (Wildman–Crippen MR) is 65.4 cm³/mol. The number of nitrogens with zero attached hydrogens (tertiary/aromatic N) is 1. The van der Waals surface area contributed by atoms with Gasteiger partial charge in [-0.3, -0.25) is 0 Å². The largest absolute Gasteiger partial charge is 0.447 e. The van der Waals surface area contributed by atoms with Gasteiger partial charge in [0.2, 0.25) is 0 Å². The molecule has 16 heavy (non-hydrogen) atoms. The van der Waals surface area contributed by atoms with Gasteiger partial charge in [-0.25, -0.2) is 4.79 Å². The molecule has 0 radical (unpaired) electrons. The first kappa shape index (κ1) is 13.3. The van der Waals surface area contributed by atoms with Crippen LogP contribution in [0.1, 0.15) is 52.9 Å². The summed E-state index contributed by atoms with van der Waals surface area (Å²) in [6, 6.07) is 0.310. The fourth-order valence-corrected chi connectivity index (χ4v) is 2.34. The van der Waals surface area contributed by atoms with Crippen molar-refractivity contribution in [1.29, 1.82) is 0 Å². The van der Waals surface area contributed by atoms with E-state index in [9.17, 15) is 4.79 Å². The van der Waals surface area contributed by atoms with Crippen LogP contribution in [-0.4, -0.2) is 30.2 Å². The molecule has 3 nitrogen and oxygen atoms in total. The van der Waals surface area contributed by atoms with Crippen molar-refractivity contribution in [1.82, 2.24) is 4.90 Å². The van der Waals surface area contributed by atoms with Crippen molar-refractivity contribution in [3.63, 3.8) is 0 Å². The average molecular weight is 227 g/mol. The summed E-state index contributed by atoms with van der Waals surface area (Å²) in [6.07, 6.45) is 5.91.